The molecule has 0 atom stereocenters. The molecule has 0 bridgehead atoms. The van der Waals surface area contributed by atoms with Crippen molar-refractivity contribution in [2.75, 3.05) is 23.7 Å². The van der Waals surface area contributed by atoms with E-state index in [0.717, 1.165) is 5.69 Å². The van der Waals surface area contributed by atoms with Crippen LogP contribution in [0.2, 0.25) is 0 Å². The van der Waals surface area contributed by atoms with Gasteiger partial charge in [0, 0.05) is 29.4 Å². The first kappa shape index (κ1) is 19.5. The summed E-state index contributed by atoms with van der Waals surface area (Å²) in [7, 11) is 0. The van der Waals surface area contributed by atoms with Crippen LogP contribution >= 0.6 is 11.3 Å². The average Bonchev–Trinajstić information content (AvgIpc) is 3.17. The standard InChI is InChI=1S/C19H20N6O2S/c20-8-4-10-22-17(26)13-5-3-6-14(11-13)23-18(27)25-19-24-16(12-28-19)15-7-1-2-9-21-15/h1-3,5-7,9,11-12H,4,8,10,20H2,(H,22,26)(H2,23,24,25,27). The van der Waals surface area contributed by atoms with E-state index in [-0.39, 0.29) is 5.91 Å². The van der Waals surface area contributed by atoms with Crippen molar-refractivity contribution in [2.24, 2.45) is 5.73 Å². The third kappa shape index (κ3) is 5.35. The van der Waals surface area contributed by atoms with Crippen LogP contribution in [0.4, 0.5) is 15.6 Å². The van der Waals surface area contributed by atoms with Gasteiger partial charge in [0.05, 0.1) is 5.69 Å². The number of benzene rings is 1. The highest BCUT2D eigenvalue weighted by atomic mass is 32.1. The number of nitrogens with zero attached hydrogens (tertiary/aromatic N) is 2. The molecule has 0 radical (unpaired) electrons. The fourth-order valence-corrected chi connectivity index (χ4v) is 3.07. The van der Waals surface area contributed by atoms with Gasteiger partial charge in [-0.25, -0.2) is 9.78 Å². The summed E-state index contributed by atoms with van der Waals surface area (Å²) in [6.07, 6.45) is 2.40. The number of rotatable bonds is 7. The molecule has 5 N–H and O–H groups in total. The van der Waals surface area contributed by atoms with Crippen LogP contribution in [0.15, 0.2) is 54.0 Å². The molecule has 0 aliphatic rings. The minimum Gasteiger partial charge on any atom is -0.352 e. The first-order valence-electron chi connectivity index (χ1n) is 8.69. The van der Waals surface area contributed by atoms with Gasteiger partial charge in [0.2, 0.25) is 0 Å². The smallest absolute Gasteiger partial charge is 0.325 e. The number of nitrogens with one attached hydrogen (secondary N) is 3. The molecular formula is C19H20N6O2S. The Morgan fingerprint density at radius 1 is 1.07 bits per heavy atom. The van der Waals surface area contributed by atoms with Crippen molar-refractivity contribution in [3.63, 3.8) is 0 Å². The number of thiazole rings is 1. The number of anilines is 2. The maximum absolute atomic E-state index is 12.2. The number of amides is 3. The van der Waals surface area contributed by atoms with Gasteiger partial charge in [0.1, 0.15) is 5.69 Å². The van der Waals surface area contributed by atoms with E-state index in [2.05, 4.69) is 25.9 Å². The monoisotopic (exact) mass is 396 g/mol. The van der Waals surface area contributed by atoms with Crippen molar-refractivity contribution >= 4 is 34.1 Å². The summed E-state index contributed by atoms with van der Waals surface area (Å²) in [5.74, 6) is -0.211. The van der Waals surface area contributed by atoms with Crippen LogP contribution in [0.1, 0.15) is 16.8 Å². The Hall–Kier alpha value is -3.30. The number of carbonyl (C=O) groups excluding carboxylic acids is 2. The second kappa shape index (κ2) is 9.58. The summed E-state index contributed by atoms with van der Waals surface area (Å²) in [4.78, 5) is 32.9. The average molecular weight is 396 g/mol. The van der Waals surface area contributed by atoms with E-state index >= 15 is 0 Å². The second-order valence-corrected chi connectivity index (χ2v) is 6.67. The van der Waals surface area contributed by atoms with E-state index in [9.17, 15) is 9.59 Å². The summed E-state index contributed by atoms with van der Waals surface area (Å²) in [5, 5.41) is 10.4. The second-order valence-electron chi connectivity index (χ2n) is 5.81. The number of pyridine rings is 1. The molecule has 0 saturated carbocycles. The lowest BCUT2D eigenvalue weighted by Crippen LogP contribution is -2.26. The molecule has 2 aromatic heterocycles. The molecule has 28 heavy (non-hydrogen) atoms. The molecule has 0 aliphatic carbocycles. The zero-order valence-electron chi connectivity index (χ0n) is 15.0. The van der Waals surface area contributed by atoms with Gasteiger partial charge in [-0.05, 0) is 43.3 Å². The van der Waals surface area contributed by atoms with Crippen LogP contribution in [0.25, 0.3) is 11.4 Å². The first-order chi connectivity index (χ1) is 13.7. The van der Waals surface area contributed by atoms with Gasteiger partial charge in [-0.3, -0.25) is 15.1 Å². The maximum Gasteiger partial charge on any atom is 0.325 e. The molecule has 0 fully saturated rings. The summed E-state index contributed by atoms with van der Waals surface area (Å²) >= 11 is 1.31. The summed E-state index contributed by atoms with van der Waals surface area (Å²) < 4.78 is 0. The third-order valence-corrected chi connectivity index (χ3v) is 4.46. The van der Waals surface area contributed by atoms with Crippen molar-refractivity contribution in [1.29, 1.82) is 0 Å². The van der Waals surface area contributed by atoms with Gasteiger partial charge in [0.25, 0.3) is 5.91 Å². The van der Waals surface area contributed by atoms with Crippen molar-refractivity contribution in [1.82, 2.24) is 15.3 Å². The largest absolute Gasteiger partial charge is 0.352 e. The molecule has 0 spiro atoms. The number of hydrogen-bond acceptors (Lipinski definition) is 6. The zero-order valence-corrected chi connectivity index (χ0v) is 15.8. The SMILES string of the molecule is NCCCNC(=O)c1cccc(NC(=O)Nc2nc(-c3ccccn3)cs2)c1. The zero-order chi connectivity index (χ0) is 19.8. The number of carbonyl (C=O) groups is 2. The molecular weight excluding hydrogens is 376 g/mol. The normalized spacial score (nSPS) is 10.3. The fourth-order valence-electron chi connectivity index (χ4n) is 2.37. The molecule has 0 unspecified atom stereocenters. The van der Waals surface area contributed by atoms with Gasteiger partial charge in [-0.1, -0.05) is 12.1 Å². The Morgan fingerprint density at radius 3 is 2.75 bits per heavy atom. The van der Waals surface area contributed by atoms with Gasteiger partial charge in [0.15, 0.2) is 5.13 Å². The van der Waals surface area contributed by atoms with E-state index in [0.29, 0.717) is 41.6 Å². The summed E-state index contributed by atoms with van der Waals surface area (Å²) in [6, 6.07) is 11.8. The van der Waals surface area contributed by atoms with Crippen LogP contribution in [0.5, 0.6) is 0 Å². The number of urea groups is 1. The lowest BCUT2D eigenvalue weighted by Gasteiger charge is -2.08. The topological polar surface area (TPSA) is 122 Å². The Bertz CT molecular complexity index is 944. The van der Waals surface area contributed by atoms with Crippen molar-refractivity contribution in [2.45, 2.75) is 6.42 Å². The Labute approximate surface area is 166 Å². The van der Waals surface area contributed by atoms with Gasteiger partial charge < -0.3 is 16.4 Å². The first-order valence-corrected chi connectivity index (χ1v) is 9.57. The van der Waals surface area contributed by atoms with Gasteiger partial charge in [-0.2, -0.15) is 0 Å². The van der Waals surface area contributed by atoms with Crippen molar-refractivity contribution in [3.8, 4) is 11.4 Å². The fraction of sp³-hybridized carbons (Fsp3) is 0.158. The minimum atomic E-state index is -0.442. The molecule has 1 aromatic carbocycles. The van der Waals surface area contributed by atoms with Crippen LogP contribution in [-0.4, -0.2) is 35.0 Å². The lowest BCUT2D eigenvalue weighted by atomic mass is 10.2. The number of hydrogen-bond donors (Lipinski definition) is 4. The van der Waals surface area contributed by atoms with E-state index in [4.69, 9.17) is 5.73 Å². The summed E-state index contributed by atoms with van der Waals surface area (Å²) in [5.41, 5.74) is 7.81. The van der Waals surface area contributed by atoms with Crippen molar-refractivity contribution < 1.29 is 9.59 Å². The molecule has 9 heteroatoms. The molecule has 144 valence electrons. The predicted octanol–water partition coefficient (Wildman–Crippen LogP) is 2.93. The van der Waals surface area contributed by atoms with Crippen LogP contribution < -0.4 is 21.7 Å². The lowest BCUT2D eigenvalue weighted by molar-refractivity contribution is 0.0953. The Morgan fingerprint density at radius 2 is 1.96 bits per heavy atom. The summed E-state index contributed by atoms with van der Waals surface area (Å²) in [6.45, 7) is 1.02. The maximum atomic E-state index is 12.2. The van der Waals surface area contributed by atoms with Crippen molar-refractivity contribution in [3.05, 3.63) is 59.6 Å². The number of aromatic nitrogens is 2. The minimum absolute atomic E-state index is 0.211. The molecule has 8 nitrogen and oxygen atoms in total. The highest BCUT2D eigenvalue weighted by molar-refractivity contribution is 7.14. The molecule has 0 aliphatic heterocycles. The van der Waals surface area contributed by atoms with E-state index in [1.807, 2.05) is 23.6 Å². The van der Waals surface area contributed by atoms with Crippen LogP contribution in [-0.2, 0) is 0 Å². The van der Waals surface area contributed by atoms with Gasteiger partial charge >= 0.3 is 6.03 Å². The van der Waals surface area contributed by atoms with E-state index in [1.165, 1.54) is 11.3 Å². The molecule has 3 amide bonds. The molecule has 2 heterocycles. The quantitative estimate of drug-likeness (QED) is 0.457. The molecule has 0 saturated heterocycles. The predicted molar refractivity (Wildman–Crippen MR) is 110 cm³/mol. The Balaban J connectivity index is 1.59. The highest BCUT2D eigenvalue weighted by Crippen LogP contribution is 2.23. The number of nitrogens with two attached hydrogens (primary N) is 1. The van der Waals surface area contributed by atoms with Gasteiger partial charge in [-0.15, -0.1) is 11.3 Å². The highest BCUT2D eigenvalue weighted by Gasteiger charge is 2.10. The third-order valence-electron chi connectivity index (χ3n) is 3.70. The molecule has 3 rings (SSSR count). The Kier molecular flexibility index (Phi) is 6.66. The van der Waals surface area contributed by atoms with E-state index < -0.39 is 6.03 Å². The van der Waals surface area contributed by atoms with Crippen LogP contribution in [0.3, 0.4) is 0 Å². The van der Waals surface area contributed by atoms with Crippen LogP contribution in [0, 0.1) is 0 Å². The molecule has 3 aromatic rings. The van der Waals surface area contributed by atoms with E-state index in [1.54, 1.807) is 30.5 Å².